The van der Waals surface area contributed by atoms with Crippen molar-refractivity contribution in [1.82, 2.24) is 4.98 Å². The van der Waals surface area contributed by atoms with Crippen LogP contribution >= 0.6 is 11.6 Å². The second-order valence-corrected chi connectivity index (χ2v) is 6.22. The van der Waals surface area contributed by atoms with Crippen molar-refractivity contribution in [1.29, 1.82) is 0 Å². The fourth-order valence-corrected chi connectivity index (χ4v) is 2.60. The Hall–Kier alpha value is -3.25. The fourth-order valence-electron chi connectivity index (χ4n) is 2.42. The Morgan fingerprint density at radius 1 is 1.04 bits per heavy atom. The second kappa shape index (κ2) is 9.62. The van der Waals surface area contributed by atoms with Crippen LogP contribution in [0.2, 0.25) is 5.02 Å². The van der Waals surface area contributed by atoms with Gasteiger partial charge in [-0.25, -0.2) is 4.98 Å². The number of halogens is 1. The van der Waals surface area contributed by atoms with Crippen LogP contribution in [0.4, 0.5) is 11.4 Å². The lowest BCUT2D eigenvalue weighted by atomic mass is 10.3. The molecule has 0 saturated carbocycles. The predicted octanol–water partition coefficient (Wildman–Crippen LogP) is 4.49. The van der Waals surface area contributed by atoms with Crippen molar-refractivity contribution in [3.05, 3.63) is 77.6 Å². The maximum atomic E-state index is 12.3. The molecule has 0 aliphatic rings. The molecule has 1 aromatic heterocycles. The Morgan fingerprint density at radius 3 is 2.46 bits per heavy atom. The Morgan fingerprint density at radius 2 is 1.79 bits per heavy atom. The van der Waals surface area contributed by atoms with Crippen molar-refractivity contribution in [3.8, 4) is 11.5 Å². The average molecular weight is 398 g/mol. The van der Waals surface area contributed by atoms with E-state index in [1.54, 1.807) is 49.7 Å². The molecule has 3 rings (SSSR count). The van der Waals surface area contributed by atoms with Gasteiger partial charge in [0.1, 0.15) is 23.8 Å². The van der Waals surface area contributed by atoms with E-state index < -0.39 is 0 Å². The van der Waals surface area contributed by atoms with Crippen LogP contribution < -0.4 is 20.1 Å². The third-order valence-corrected chi connectivity index (χ3v) is 4.21. The van der Waals surface area contributed by atoms with Crippen LogP contribution in [-0.4, -0.2) is 31.2 Å². The number of ether oxygens (including phenoxy) is 2. The van der Waals surface area contributed by atoms with E-state index in [1.165, 1.54) is 0 Å². The van der Waals surface area contributed by atoms with E-state index in [9.17, 15) is 4.79 Å². The number of carbonyl (C=O) groups is 1. The summed E-state index contributed by atoms with van der Waals surface area (Å²) in [6, 6.07) is 17.9. The van der Waals surface area contributed by atoms with Crippen molar-refractivity contribution in [3.63, 3.8) is 0 Å². The smallest absolute Gasteiger partial charge is 0.274 e. The molecule has 0 fully saturated rings. The number of aromatic nitrogens is 1. The molecule has 0 saturated heterocycles. The fraction of sp³-hybridized carbons (Fsp3) is 0.143. The van der Waals surface area contributed by atoms with E-state index >= 15 is 0 Å². The van der Waals surface area contributed by atoms with Crippen LogP contribution in [0.5, 0.6) is 11.5 Å². The summed E-state index contributed by atoms with van der Waals surface area (Å²) in [6.07, 6.45) is 1.61. The molecule has 0 spiro atoms. The first kappa shape index (κ1) is 19.5. The normalized spacial score (nSPS) is 10.2. The van der Waals surface area contributed by atoms with Crippen LogP contribution in [0.25, 0.3) is 0 Å². The zero-order valence-corrected chi connectivity index (χ0v) is 16.1. The first-order valence-electron chi connectivity index (χ1n) is 8.68. The topological polar surface area (TPSA) is 72.5 Å². The zero-order valence-electron chi connectivity index (χ0n) is 15.3. The van der Waals surface area contributed by atoms with Crippen molar-refractivity contribution in [2.75, 3.05) is 30.9 Å². The monoisotopic (exact) mass is 397 g/mol. The molecule has 2 N–H and O–H groups in total. The SMILES string of the molecule is COc1ccc(OCCNc2ccc(C(=O)Nc3ccccc3Cl)nc2)cc1. The lowest BCUT2D eigenvalue weighted by Gasteiger charge is -2.10. The number of rotatable bonds is 8. The van der Waals surface area contributed by atoms with Gasteiger partial charge in [-0.2, -0.15) is 0 Å². The minimum Gasteiger partial charge on any atom is -0.497 e. The van der Waals surface area contributed by atoms with Crippen LogP contribution in [0.3, 0.4) is 0 Å². The number of amides is 1. The average Bonchev–Trinajstić information content (AvgIpc) is 2.73. The Kier molecular flexibility index (Phi) is 6.70. The standard InChI is InChI=1S/C21H20ClN3O3/c1-27-16-7-9-17(10-8-16)28-13-12-23-15-6-11-20(24-14-15)21(26)25-19-5-3-2-4-18(19)22/h2-11,14,23H,12-13H2,1H3,(H,25,26). The molecule has 6 nitrogen and oxygen atoms in total. The molecule has 0 radical (unpaired) electrons. The third kappa shape index (κ3) is 5.37. The highest BCUT2D eigenvalue weighted by molar-refractivity contribution is 6.33. The molecular weight excluding hydrogens is 378 g/mol. The summed E-state index contributed by atoms with van der Waals surface area (Å²) in [4.78, 5) is 16.4. The van der Waals surface area contributed by atoms with Gasteiger partial charge >= 0.3 is 0 Å². The number of nitrogens with one attached hydrogen (secondary N) is 2. The largest absolute Gasteiger partial charge is 0.497 e. The van der Waals surface area contributed by atoms with Crippen molar-refractivity contribution in [2.45, 2.75) is 0 Å². The molecule has 0 atom stereocenters. The Labute approximate surface area is 168 Å². The summed E-state index contributed by atoms with van der Waals surface area (Å²) in [7, 11) is 1.62. The maximum absolute atomic E-state index is 12.3. The minimum absolute atomic E-state index is 0.306. The number of anilines is 2. The molecule has 0 aliphatic heterocycles. The molecular formula is C21H20ClN3O3. The van der Waals surface area contributed by atoms with E-state index in [-0.39, 0.29) is 5.91 Å². The summed E-state index contributed by atoms with van der Waals surface area (Å²) in [5, 5.41) is 6.42. The molecule has 2 aromatic carbocycles. The minimum atomic E-state index is -0.317. The van der Waals surface area contributed by atoms with Crippen molar-refractivity contribution >= 4 is 28.9 Å². The van der Waals surface area contributed by atoms with Crippen LogP contribution in [0, 0.1) is 0 Å². The van der Waals surface area contributed by atoms with Gasteiger partial charge in [-0.15, -0.1) is 0 Å². The van der Waals surface area contributed by atoms with Crippen molar-refractivity contribution in [2.24, 2.45) is 0 Å². The van der Waals surface area contributed by atoms with Crippen LogP contribution in [0.15, 0.2) is 66.9 Å². The van der Waals surface area contributed by atoms with Crippen molar-refractivity contribution < 1.29 is 14.3 Å². The third-order valence-electron chi connectivity index (χ3n) is 3.88. The van der Waals surface area contributed by atoms with Gasteiger partial charge < -0.3 is 20.1 Å². The first-order chi connectivity index (χ1) is 13.7. The van der Waals surface area contributed by atoms with E-state index in [0.29, 0.717) is 29.6 Å². The van der Waals surface area contributed by atoms with Gasteiger partial charge in [-0.3, -0.25) is 4.79 Å². The van der Waals surface area contributed by atoms with E-state index in [2.05, 4.69) is 15.6 Å². The van der Waals surface area contributed by atoms with Crippen LogP contribution in [0.1, 0.15) is 10.5 Å². The molecule has 1 heterocycles. The number of carbonyl (C=O) groups excluding carboxylic acids is 1. The second-order valence-electron chi connectivity index (χ2n) is 5.82. The van der Waals surface area contributed by atoms with Gasteiger partial charge in [0.2, 0.25) is 0 Å². The van der Waals surface area contributed by atoms with E-state index in [0.717, 1.165) is 17.2 Å². The lowest BCUT2D eigenvalue weighted by molar-refractivity contribution is 0.102. The molecule has 144 valence electrons. The number of methoxy groups -OCH3 is 1. The number of nitrogens with zero attached hydrogens (tertiary/aromatic N) is 1. The van der Waals surface area contributed by atoms with Gasteiger partial charge in [0, 0.05) is 6.54 Å². The number of benzene rings is 2. The highest BCUT2D eigenvalue weighted by Gasteiger charge is 2.09. The molecule has 3 aromatic rings. The number of para-hydroxylation sites is 1. The summed E-state index contributed by atoms with van der Waals surface area (Å²) in [5.41, 5.74) is 1.65. The molecule has 0 bridgehead atoms. The van der Waals surface area contributed by atoms with Gasteiger partial charge in [-0.1, -0.05) is 23.7 Å². The molecule has 0 aliphatic carbocycles. The van der Waals surface area contributed by atoms with E-state index in [4.69, 9.17) is 21.1 Å². The highest BCUT2D eigenvalue weighted by atomic mass is 35.5. The number of hydrogen-bond donors (Lipinski definition) is 2. The summed E-state index contributed by atoms with van der Waals surface area (Å²) < 4.78 is 10.8. The van der Waals surface area contributed by atoms with Gasteiger partial charge in [-0.05, 0) is 48.5 Å². The predicted molar refractivity (Wildman–Crippen MR) is 111 cm³/mol. The van der Waals surface area contributed by atoms with Gasteiger partial charge in [0.15, 0.2) is 0 Å². The first-order valence-corrected chi connectivity index (χ1v) is 9.06. The molecule has 1 amide bonds. The van der Waals surface area contributed by atoms with Gasteiger partial charge in [0.05, 0.1) is 29.7 Å². The Balaban J connectivity index is 1.46. The van der Waals surface area contributed by atoms with Crippen LogP contribution in [-0.2, 0) is 0 Å². The summed E-state index contributed by atoms with van der Waals surface area (Å²) in [6.45, 7) is 1.08. The zero-order chi connectivity index (χ0) is 19.8. The summed E-state index contributed by atoms with van der Waals surface area (Å²) >= 11 is 6.05. The Bertz CT molecular complexity index is 915. The molecule has 7 heteroatoms. The quantitative estimate of drug-likeness (QED) is 0.548. The highest BCUT2D eigenvalue weighted by Crippen LogP contribution is 2.21. The molecule has 0 unspecified atom stereocenters. The summed E-state index contributed by atoms with van der Waals surface area (Å²) in [5.74, 6) is 1.24. The molecule has 28 heavy (non-hydrogen) atoms. The van der Waals surface area contributed by atoms with Gasteiger partial charge in [0.25, 0.3) is 5.91 Å². The number of hydrogen-bond acceptors (Lipinski definition) is 5. The maximum Gasteiger partial charge on any atom is 0.274 e. The number of pyridine rings is 1. The van der Waals surface area contributed by atoms with E-state index in [1.807, 2.05) is 24.3 Å². The lowest BCUT2D eigenvalue weighted by Crippen LogP contribution is -2.15.